The van der Waals surface area contributed by atoms with Crippen LogP contribution in [0.3, 0.4) is 0 Å². The van der Waals surface area contributed by atoms with Crippen LogP contribution in [0.5, 0.6) is 0 Å². The maximum absolute atomic E-state index is 13.0. The topological polar surface area (TPSA) is 72.5 Å². The molecule has 5 nitrogen and oxygen atoms in total. The second kappa shape index (κ2) is 7.37. The van der Waals surface area contributed by atoms with Crippen molar-refractivity contribution in [2.75, 3.05) is 11.8 Å². The molecule has 0 aromatic heterocycles. The normalized spacial score (nSPS) is 29.0. The van der Waals surface area contributed by atoms with E-state index in [0.717, 1.165) is 17.8 Å². The molecule has 164 valence electrons. The Morgan fingerprint density at radius 3 is 2.10 bits per heavy atom. The quantitative estimate of drug-likeness (QED) is 0.662. The molecular weight excluding hydrogens is 410 g/mol. The van der Waals surface area contributed by atoms with Gasteiger partial charge in [-0.15, -0.1) is 0 Å². The van der Waals surface area contributed by atoms with Gasteiger partial charge in [0.2, 0.25) is 0 Å². The van der Waals surface area contributed by atoms with Crippen molar-refractivity contribution in [1.82, 2.24) is 0 Å². The van der Waals surface area contributed by atoms with Crippen LogP contribution in [0.1, 0.15) is 60.0 Å². The zero-order chi connectivity index (χ0) is 21.8. The van der Waals surface area contributed by atoms with Crippen LogP contribution in [0.15, 0.2) is 47.4 Å². The van der Waals surface area contributed by atoms with Crippen molar-refractivity contribution in [3.05, 3.63) is 59.2 Å². The molecule has 2 aromatic carbocycles. The monoisotopic (exact) mass is 439 g/mol. The molecule has 31 heavy (non-hydrogen) atoms. The van der Waals surface area contributed by atoms with Crippen molar-refractivity contribution < 1.29 is 17.9 Å². The summed E-state index contributed by atoms with van der Waals surface area (Å²) in [5, 5.41) is 0. The minimum atomic E-state index is -3.82. The fraction of sp³-hybridized carbons (Fsp3) is 0.480. The van der Waals surface area contributed by atoms with Crippen molar-refractivity contribution in [2.45, 2.75) is 55.8 Å². The number of ether oxygens (including phenoxy) is 1. The van der Waals surface area contributed by atoms with Crippen molar-refractivity contribution in [2.24, 2.45) is 17.8 Å². The van der Waals surface area contributed by atoms with E-state index < -0.39 is 16.0 Å². The number of carbonyl (C=O) groups is 1. The van der Waals surface area contributed by atoms with Gasteiger partial charge in [0.1, 0.15) is 0 Å². The summed E-state index contributed by atoms with van der Waals surface area (Å²) < 4.78 is 33.5. The van der Waals surface area contributed by atoms with Crippen LogP contribution in [0.2, 0.25) is 0 Å². The summed E-state index contributed by atoms with van der Waals surface area (Å²) in [6.45, 7) is 1.71. The second-order valence-corrected chi connectivity index (χ2v) is 11.5. The summed E-state index contributed by atoms with van der Waals surface area (Å²) in [5.74, 6) is 2.05. The van der Waals surface area contributed by atoms with Crippen molar-refractivity contribution in [3.8, 4) is 0 Å². The number of carbonyl (C=O) groups excluding carboxylic acids is 1. The third-order valence-electron chi connectivity index (χ3n) is 7.69. The van der Waals surface area contributed by atoms with Crippen LogP contribution in [0, 0.1) is 24.7 Å². The molecule has 2 aromatic rings. The van der Waals surface area contributed by atoms with Gasteiger partial charge in [0.15, 0.2) is 0 Å². The Morgan fingerprint density at radius 1 is 0.968 bits per heavy atom. The molecular formula is C25H29NO4S. The number of sulfonamides is 1. The van der Waals surface area contributed by atoms with E-state index in [1.165, 1.54) is 57.3 Å². The van der Waals surface area contributed by atoms with E-state index in [-0.39, 0.29) is 15.9 Å². The van der Waals surface area contributed by atoms with Gasteiger partial charge in [-0.2, -0.15) is 0 Å². The Balaban J connectivity index is 1.38. The largest absolute Gasteiger partial charge is 0.465 e. The summed E-state index contributed by atoms with van der Waals surface area (Å²) >= 11 is 0. The molecule has 0 aliphatic heterocycles. The number of hydrogen-bond donors (Lipinski definition) is 1. The van der Waals surface area contributed by atoms with Gasteiger partial charge in [0.05, 0.1) is 17.6 Å². The van der Waals surface area contributed by atoms with Crippen molar-refractivity contribution in [1.29, 1.82) is 0 Å². The van der Waals surface area contributed by atoms with E-state index in [4.69, 9.17) is 4.74 Å². The Hall–Kier alpha value is -2.34. The van der Waals surface area contributed by atoms with E-state index in [2.05, 4.69) is 16.9 Å². The van der Waals surface area contributed by atoms with Crippen LogP contribution in [0.25, 0.3) is 0 Å². The molecule has 0 radical (unpaired) electrons. The van der Waals surface area contributed by atoms with E-state index >= 15 is 0 Å². The Labute approximate surface area is 184 Å². The average molecular weight is 440 g/mol. The molecule has 0 unspecified atom stereocenters. The first kappa shape index (κ1) is 20.6. The molecule has 0 atom stereocenters. The first-order valence-corrected chi connectivity index (χ1v) is 12.6. The SMILES string of the molecule is COC(=O)c1ccc(C)c(S(=O)(=O)Nc2ccc(C34CC5CC(CC(C5)C3)C4)cc2)c1. The smallest absolute Gasteiger partial charge is 0.337 e. The van der Waals surface area contributed by atoms with Gasteiger partial charge >= 0.3 is 5.97 Å². The lowest BCUT2D eigenvalue weighted by atomic mass is 9.48. The van der Waals surface area contributed by atoms with Crippen molar-refractivity contribution in [3.63, 3.8) is 0 Å². The maximum Gasteiger partial charge on any atom is 0.337 e. The van der Waals surface area contributed by atoms with Crippen LogP contribution < -0.4 is 4.72 Å². The lowest BCUT2D eigenvalue weighted by Gasteiger charge is -2.57. The number of methoxy groups -OCH3 is 1. The van der Waals surface area contributed by atoms with Gasteiger partial charge in [-0.25, -0.2) is 13.2 Å². The molecule has 4 bridgehead atoms. The van der Waals surface area contributed by atoms with Gasteiger partial charge in [0, 0.05) is 5.69 Å². The maximum atomic E-state index is 13.0. The van der Waals surface area contributed by atoms with E-state index in [1.807, 2.05) is 12.1 Å². The molecule has 6 rings (SSSR count). The summed E-state index contributed by atoms with van der Waals surface area (Å²) in [6, 6.07) is 12.5. The first-order chi connectivity index (χ1) is 14.8. The zero-order valence-corrected chi connectivity index (χ0v) is 18.9. The third-order valence-corrected chi connectivity index (χ3v) is 9.21. The lowest BCUT2D eigenvalue weighted by molar-refractivity contribution is -0.00518. The van der Waals surface area contributed by atoms with E-state index in [9.17, 15) is 13.2 Å². The third kappa shape index (κ3) is 3.65. The standard InChI is InChI=1S/C25H29NO4S/c1-16-3-4-20(24(27)30-2)12-23(16)31(28,29)26-22-7-5-21(6-8-22)25-13-17-9-18(14-25)11-19(10-17)15-25/h3-8,12,17-19,26H,9-11,13-15H2,1-2H3. The van der Waals surface area contributed by atoms with Crippen LogP contribution in [-0.2, 0) is 20.2 Å². The van der Waals surface area contributed by atoms with E-state index in [0.29, 0.717) is 11.3 Å². The molecule has 0 spiro atoms. The molecule has 1 N–H and O–H groups in total. The number of rotatable bonds is 5. The number of esters is 1. The van der Waals surface area contributed by atoms with Gasteiger partial charge in [-0.1, -0.05) is 18.2 Å². The van der Waals surface area contributed by atoms with Gasteiger partial charge in [-0.3, -0.25) is 4.72 Å². The average Bonchev–Trinajstić information content (AvgIpc) is 2.72. The molecule has 0 amide bonds. The number of anilines is 1. The minimum Gasteiger partial charge on any atom is -0.465 e. The highest BCUT2D eigenvalue weighted by Gasteiger charge is 2.51. The first-order valence-electron chi connectivity index (χ1n) is 11.1. The highest BCUT2D eigenvalue weighted by Crippen LogP contribution is 2.60. The summed E-state index contributed by atoms with van der Waals surface area (Å²) in [5.41, 5.74) is 2.98. The predicted octanol–water partition coefficient (Wildman–Crippen LogP) is 5.05. The fourth-order valence-electron chi connectivity index (χ4n) is 6.70. The molecule has 4 aliphatic rings. The Bertz CT molecular complexity index is 1090. The van der Waals surface area contributed by atoms with Gasteiger partial charge in [0.25, 0.3) is 10.0 Å². The van der Waals surface area contributed by atoms with Crippen LogP contribution in [-0.4, -0.2) is 21.5 Å². The summed E-state index contributed by atoms with van der Waals surface area (Å²) in [6.07, 6.45) is 8.06. The molecule has 0 saturated heterocycles. The summed E-state index contributed by atoms with van der Waals surface area (Å²) in [4.78, 5) is 11.9. The number of nitrogens with one attached hydrogen (secondary N) is 1. The zero-order valence-electron chi connectivity index (χ0n) is 18.1. The van der Waals surface area contributed by atoms with Crippen LogP contribution in [0.4, 0.5) is 5.69 Å². The van der Waals surface area contributed by atoms with Crippen LogP contribution >= 0.6 is 0 Å². The second-order valence-electron chi connectivity index (χ2n) is 9.85. The fourth-order valence-corrected chi connectivity index (χ4v) is 8.03. The highest BCUT2D eigenvalue weighted by molar-refractivity contribution is 7.92. The van der Waals surface area contributed by atoms with Gasteiger partial charge < -0.3 is 4.74 Å². The lowest BCUT2D eigenvalue weighted by Crippen LogP contribution is -2.48. The molecule has 4 saturated carbocycles. The van der Waals surface area contributed by atoms with Gasteiger partial charge in [-0.05, 0) is 104 Å². The van der Waals surface area contributed by atoms with E-state index in [1.54, 1.807) is 19.1 Å². The summed E-state index contributed by atoms with van der Waals surface area (Å²) in [7, 11) is -2.55. The minimum absolute atomic E-state index is 0.0839. The Morgan fingerprint density at radius 2 is 1.55 bits per heavy atom. The molecule has 0 heterocycles. The van der Waals surface area contributed by atoms with Crippen molar-refractivity contribution >= 4 is 21.7 Å². The Kier molecular flexibility index (Phi) is 4.88. The highest BCUT2D eigenvalue weighted by atomic mass is 32.2. The number of hydrogen-bond acceptors (Lipinski definition) is 4. The number of aryl methyl sites for hydroxylation is 1. The number of benzene rings is 2. The molecule has 4 fully saturated rings. The molecule has 4 aliphatic carbocycles. The predicted molar refractivity (Wildman–Crippen MR) is 120 cm³/mol. The molecule has 6 heteroatoms.